The summed E-state index contributed by atoms with van der Waals surface area (Å²) < 4.78 is 18.2. The van der Waals surface area contributed by atoms with E-state index < -0.39 is 11.9 Å². The minimum atomic E-state index is -0.812. The van der Waals surface area contributed by atoms with Crippen molar-refractivity contribution < 1.29 is 14.2 Å². The second-order valence-corrected chi connectivity index (χ2v) is 3.20. The summed E-state index contributed by atoms with van der Waals surface area (Å²) in [6, 6.07) is 1.82. The Bertz CT molecular complexity index is 310. The quantitative estimate of drug-likeness (QED) is 0.810. The first-order chi connectivity index (χ1) is 6.60. The third-order valence-electron chi connectivity index (χ3n) is 1.86. The first kappa shape index (κ1) is 11.2. The van der Waals surface area contributed by atoms with Gasteiger partial charge in [0.25, 0.3) is 0 Å². The molecule has 0 amide bonds. The van der Waals surface area contributed by atoms with E-state index in [2.05, 4.69) is 0 Å². The lowest BCUT2D eigenvalue weighted by atomic mass is 10.1. The summed E-state index contributed by atoms with van der Waals surface area (Å²) in [5, 5.41) is 8.94. The first-order valence-electron chi connectivity index (χ1n) is 3.99. The maximum absolute atomic E-state index is 13.4. The number of rotatable bonds is 3. The van der Waals surface area contributed by atoms with E-state index in [4.69, 9.17) is 27.2 Å². The molecule has 1 atom stereocenters. The zero-order valence-corrected chi connectivity index (χ0v) is 8.38. The van der Waals surface area contributed by atoms with Gasteiger partial charge in [0.2, 0.25) is 0 Å². The fourth-order valence-electron chi connectivity index (χ4n) is 1.12. The normalized spacial score (nSPS) is 12.6. The predicted molar refractivity (Wildman–Crippen MR) is 52.0 cm³/mol. The number of hydrogen-bond acceptors (Lipinski definition) is 3. The Morgan fingerprint density at radius 3 is 2.71 bits per heavy atom. The molecule has 0 aliphatic heterocycles. The highest BCUT2D eigenvalue weighted by Gasteiger charge is 2.16. The van der Waals surface area contributed by atoms with Crippen molar-refractivity contribution in [2.24, 2.45) is 5.73 Å². The van der Waals surface area contributed by atoms with Gasteiger partial charge in [-0.3, -0.25) is 0 Å². The average molecular weight is 220 g/mol. The number of ether oxygens (including phenoxy) is 1. The highest BCUT2D eigenvalue weighted by molar-refractivity contribution is 6.31. The zero-order valence-electron chi connectivity index (χ0n) is 7.63. The molecule has 0 radical (unpaired) electrons. The molecule has 0 saturated heterocycles. The fourth-order valence-corrected chi connectivity index (χ4v) is 1.46. The Morgan fingerprint density at radius 2 is 2.29 bits per heavy atom. The van der Waals surface area contributed by atoms with Gasteiger partial charge in [-0.1, -0.05) is 11.6 Å². The van der Waals surface area contributed by atoms with Crippen LogP contribution in [0.3, 0.4) is 0 Å². The molecule has 0 aromatic heterocycles. The molecule has 0 spiro atoms. The second-order valence-electron chi connectivity index (χ2n) is 2.79. The van der Waals surface area contributed by atoms with Gasteiger partial charge < -0.3 is 15.6 Å². The van der Waals surface area contributed by atoms with Gasteiger partial charge >= 0.3 is 0 Å². The molecule has 0 aliphatic carbocycles. The summed E-state index contributed by atoms with van der Waals surface area (Å²) in [4.78, 5) is 0. The van der Waals surface area contributed by atoms with Crippen LogP contribution in [-0.2, 0) is 0 Å². The van der Waals surface area contributed by atoms with E-state index in [0.29, 0.717) is 5.75 Å². The van der Waals surface area contributed by atoms with Gasteiger partial charge in [-0.2, -0.15) is 0 Å². The van der Waals surface area contributed by atoms with Crippen LogP contribution in [0.5, 0.6) is 5.75 Å². The third kappa shape index (κ3) is 2.15. The van der Waals surface area contributed by atoms with Crippen molar-refractivity contribution in [1.82, 2.24) is 0 Å². The Balaban J connectivity index is 3.18. The summed E-state index contributed by atoms with van der Waals surface area (Å²) in [5.41, 5.74) is 5.58. The number of halogens is 2. The maximum Gasteiger partial charge on any atom is 0.133 e. The predicted octanol–water partition coefficient (Wildman–Crippen LogP) is 1.48. The summed E-state index contributed by atoms with van der Waals surface area (Å²) in [6.45, 7) is -0.358. The summed E-state index contributed by atoms with van der Waals surface area (Å²) >= 11 is 5.78. The van der Waals surface area contributed by atoms with Crippen LogP contribution in [-0.4, -0.2) is 18.8 Å². The molecule has 0 aliphatic rings. The van der Waals surface area contributed by atoms with Gasteiger partial charge in [0, 0.05) is 11.6 Å². The van der Waals surface area contributed by atoms with E-state index >= 15 is 0 Å². The van der Waals surface area contributed by atoms with Crippen LogP contribution in [0.15, 0.2) is 12.1 Å². The van der Waals surface area contributed by atoms with Crippen LogP contribution in [0.1, 0.15) is 11.6 Å². The lowest BCUT2D eigenvalue weighted by Gasteiger charge is -2.12. The smallest absolute Gasteiger partial charge is 0.133 e. The van der Waals surface area contributed by atoms with Gasteiger partial charge in [-0.25, -0.2) is 4.39 Å². The van der Waals surface area contributed by atoms with Crippen LogP contribution in [0.25, 0.3) is 0 Å². The SMILES string of the molecule is COc1cc(F)c(C(N)CO)c(Cl)c1. The van der Waals surface area contributed by atoms with Gasteiger partial charge in [-0.15, -0.1) is 0 Å². The number of benzene rings is 1. The van der Waals surface area contributed by atoms with Crippen LogP contribution >= 0.6 is 11.6 Å². The minimum absolute atomic E-state index is 0.106. The van der Waals surface area contributed by atoms with Crippen molar-refractivity contribution in [3.63, 3.8) is 0 Å². The molecule has 3 N–H and O–H groups in total. The van der Waals surface area contributed by atoms with E-state index in [0.717, 1.165) is 0 Å². The van der Waals surface area contributed by atoms with Crippen LogP contribution < -0.4 is 10.5 Å². The third-order valence-corrected chi connectivity index (χ3v) is 2.17. The van der Waals surface area contributed by atoms with Gasteiger partial charge in [0.05, 0.1) is 24.8 Å². The molecule has 3 nitrogen and oxygen atoms in total. The Labute approximate surface area is 86.2 Å². The van der Waals surface area contributed by atoms with Crippen molar-refractivity contribution >= 4 is 11.6 Å². The van der Waals surface area contributed by atoms with Crippen LogP contribution in [0.4, 0.5) is 4.39 Å². The van der Waals surface area contributed by atoms with Crippen molar-refractivity contribution in [3.8, 4) is 5.75 Å². The van der Waals surface area contributed by atoms with Crippen molar-refractivity contribution in [2.75, 3.05) is 13.7 Å². The topological polar surface area (TPSA) is 55.5 Å². The standard InChI is InChI=1S/C9H11ClFNO2/c1-14-5-2-6(10)9(7(11)3-5)8(12)4-13/h2-3,8,13H,4,12H2,1H3. The lowest BCUT2D eigenvalue weighted by molar-refractivity contribution is 0.265. The molecule has 1 aromatic rings. The molecule has 78 valence electrons. The van der Waals surface area contributed by atoms with E-state index in [-0.39, 0.29) is 17.2 Å². The number of methoxy groups -OCH3 is 1. The highest BCUT2D eigenvalue weighted by atomic mass is 35.5. The molecule has 14 heavy (non-hydrogen) atoms. The molecule has 1 aromatic carbocycles. The number of nitrogens with two attached hydrogens (primary N) is 1. The van der Waals surface area contributed by atoms with E-state index in [1.165, 1.54) is 19.2 Å². The van der Waals surface area contributed by atoms with Gasteiger partial charge in [-0.05, 0) is 6.07 Å². The molecule has 0 fully saturated rings. The number of aliphatic hydroxyl groups is 1. The van der Waals surface area contributed by atoms with E-state index in [1.807, 2.05) is 0 Å². The average Bonchev–Trinajstić information content (AvgIpc) is 2.16. The molecule has 1 unspecified atom stereocenters. The van der Waals surface area contributed by atoms with Gasteiger partial charge in [0.15, 0.2) is 0 Å². The summed E-state index contributed by atoms with van der Waals surface area (Å²) in [5.74, 6) is -0.253. The zero-order chi connectivity index (χ0) is 10.7. The molecule has 0 heterocycles. The van der Waals surface area contributed by atoms with Crippen molar-refractivity contribution in [2.45, 2.75) is 6.04 Å². The minimum Gasteiger partial charge on any atom is -0.497 e. The van der Waals surface area contributed by atoms with Crippen LogP contribution in [0, 0.1) is 5.82 Å². The monoisotopic (exact) mass is 219 g/mol. The Hall–Kier alpha value is -0.840. The van der Waals surface area contributed by atoms with E-state index in [1.54, 1.807) is 0 Å². The Morgan fingerprint density at radius 1 is 1.64 bits per heavy atom. The summed E-state index contributed by atoms with van der Waals surface area (Å²) in [6.07, 6.45) is 0. The van der Waals surface area contributed by atoms with Crippen LogP contribution in [0.2, 0.25) is 5.02 Å². The summed E-state index contributed by atoms with van der Waals surface area (Å²) in [7, 11) is 1.41. The maximum atomic E-state index is 13.4. The largest absolute Gasteiger partial charge is 0.497 e. The molecule has 1 rings (SSSR count). The number of hydrogen-bond donors (Lipinski definition) is 2. The molecular formula is C9H11ClFNO2. The lowest BCUT2D eigenvalue weighted by Crippen LogP contribution is -2.16. The molecule has 0 bridgehead atoms. The molecule has 0 saturated carbocycles. The van der Waals surface area contributed by atoms with Crippen molar-refractivity contribution in [1.29, 1.82) is 0 Å². The van der Waals surface area contributed by atoms with E-state index in [9.17, 15) is 4.39 Å². The second kappa shape index (κ2) is 4.59. The Kier molecular flexibility index (Phi) is 3.69. The first-order valence-corrected chi connectivity index (χ1v) is 4.37. The van der Waals surface area contributed by atoms with Crippen molar-refractivity contribution in [3.05, 3.63) is 28.5 Å². The molecule has 5 heteroatoms. The van der Waals surface area contributed by atoms with Gasteiger partial charge in [0.1, 0.15) is 11.6 Å². The number of aliphatic hydroxyl groups excluding tert-OH is 1. The molecular weight excluding hydrogens is 209 g/mol. The highest BCUT2D eigenvalue weighted by Crippen LogP contribution is 2.29. The fraction of sp³-hybridized carbons (Fsp3) is 0.333.